The van der Waals surface area contributed by atoms with E-state index in [1.54, 1.807) is 48.4 Å². The molecule has 0 bridgehead atoms. The minimum atomic E-state index is -3.66. The van der Waals surface area contributed by atoms with Crippen LogP contribution in [0.4, 0.5) is 0 Å². The number of thioether (sulfide) groups is 1. The Morgan fingerprint density at radius 3 is 2.14 bits per heavy atom. The molecule has 1 heterocycles. The topological polar surface area (TPSA) is 93.2 Å². The monoisotopic (exact) mass is 533 g/mol. The van der Waals surface area contributed by atoms with E-state index in [1.807, 2.05) is 19.1 Å². The highest BCUT2D eigenvalue weighted by Crippen LogP contribution is 2.47. The van der Waals surface area contributed by atoms with Crippen LogP contribution in [0.2, 0.25) is 0 Å². The average Bonchev–Trinajstić information content (AvgIpc) is 2.90. The molecule has 0 fully saturated rings. The summed E-state index contributed by atoms with van der Waals surface area (Å²) in [6.45, 7) is 2.11. The summed E-state index contributed by atoms with van der Waals surface area (Å²) in [7, 11) is 2.40. The van der Waals surface area contributed by atoms with Crippen molar-refractivity contribution >= 4 is 21.6 Å². The van der Waals surface area contributed by atoms with E-state index in [1.165, 1.54) is 28.4 Å². The molecule has 0 aliphatic heterocycles. The summed E-state index contributed by atoms with van der Waals surface area (Å²) < 4.78 is 54.8. The highest BCUT2D eigenvalue weighted by atomic mass is 32.2. The van der Waals surface area contributed by atoms with Gasteiger partial charge in [0.2, 0.25) is 5.75 Å². The van der Waals surface area contributed by atoms with Crippen molar-refractivity contribution in [3.8, 4) is 39.9 Å². The van der Waals surface area contributed by atoms with Crippen LogP contribution in [0.1, 0.15) is 13.3 Å². The number of rotatable bonds is 13. The maximum atomic E-state index is 13.3. The van der Waals surface area contributed by atoms with E-state index in [2.05, 4.69) is 4.98 Å². The first kappa shape index (κ1) is 27.5. The van der Waals surface area contributed by atoms with Crippen LogP contribution < -0.4 is 23.7 Å². The number of ether oxygens (including phenoxy) is 5. The van der Waals surface area contributed by atoms with E-state index in [-0.39, 0.29) is 23.0 Å². The first-order valence-corrected chi connectivity index (χ1v) is 13.9. The number of benzene rings is 2. The zero-order valence-electron chi connectivity index (χ0n) is 21.1. The van der Waals surface area contributed by atoms with E-state index < -0.39 is 9.84 Å². The Labute approximate surface area is 216 Å². The number of aromatic nitrogens is 1. The minimum absolute atomic E-state index is 0.0230. The molecule has 2 aromatic carbocycles. The molecule has 0 atom stereocenters. The molecule has 0 amide bonds. The van der Waals surface area contributed by atoms with E-state index in [9.17, 15) is 8.42 Å². The Balaban J connectivity index is 2.06. The van der Waals surface area contributed by atoms with Crippen LogP contribution in [0.15, 0.2) is 58.6 Å². The third-order valence-electron chi connectivity index (χ3n) is 5.31. The van der Waals surface area contributed by atoms with Crippen LogP contribution in [0, 0.1) is 0 Å². The third-order valence-corrected chi connectivity index (χ3v) is 8.21. The van der Waals surface area contributed by atoms with Crippen LogP contribution in [-0.4, -0.2) is 60.0 Å². The van der Waals surface area contributed by atoms with Gasteiger partial charge in [0.25, 0.3) is 0 Å². The van der Waals surface area contributed by atoms with Gasteiger partial charge >= 0.3 is 0 Å². The molecule has 36 heavy (non-hydrogen) atoms. The number of pyridine rings is 1. The van der Waals surface area contributed by atoms with Gasteiger partial charge in [-0.2, -0.15) is 0 Å². The van der Waals surface area contributed by atoms with Crippen LogP contribution in [-0.2, 0) is 9.84 Å². The molecule has 10 heteroatoms. The number of methoxy groups -OCH3 is 4. The van der Waals surface area contributed by atoms with Crippen molar-refractivity contribution in [3.63, 3.8) is 0 Å². The van der Waals surface area contributed by atoms with Gasteiger partial charge in [-0.25, -0.2) is 8.42 Å². The fourth-order valence-electron chi connectivity index (χ4n) is 3.70. The minimum Gasteiger partial charge on any atom is -0.493 e. The molecule has 0 saturated heterocycles. The first-order valence-electron chi connectivity index (χ1n) is 11.3. The van der Waals surface area contributed by atoms with Crippen molar-refractivity contribution in [2.24, 2.45) is 0 Å². The van der Waals surface area contributed by atoms with Crippen LogP contribution in [0.25, 0.3) is 11.1 Å². The molecule has 0 aliphatic rings. The van der Waals surface area contributed by atoms with Crippen molar-refractivity contribution in [1.82, 2.24) is 4.98 Å². The summed E-state index contributed by atoms with van der Waals surface area (Å²) in [4.78, 5) is 5.14. The van der Waals surface area contributed by atoms with Gasteiger partial charge < -0.3 is 23.7 Å². The summed E-state index contributed by atoms with van der Waals surface area (Å²) in [5.41, 5.74) is 1.21. The van der Waals surface area contributed by atoms with Crippen molar-refractivity contribution in [2.75, 3.05) is 46.6 Å². The van der Waals surface area contributed by atoms with Gasteiger partial charge in [0.15, 0.2) is 32.8 Å². The lowest BCUT2D eigenvalue weighted by molar-refractivity contribution is 0.305. The van der Waals surface area contributed by atoms with E-state index in [0.29, 0.717) is 46.3 Å². The lowest BCUT2D eigenvalue weighted by Gasteiger charge is -2.19. The lowest BCUT2D eigenvalue weighted by Crippen LogP contribution is -2.11. The molecule has 0 radical (unpaired) electrons. The highest BCUT2D eigenvalue weighted by Gasteiger charge is 2.26. The van der Waals surface area contributed by atoms with E-state index in [4.69, 9.17) is 23.7 Å². The van der Waals surface area contributed by atoms with Crippen LogP contribution >= 0.6 is 11.8 Å². The Morgan fingerprint density at radius 2 is 1.53 bits per heavy atom. The average molecular weight is 534 g/mol. The molecule has 0 unspecified atom stereocenters. The van der Waals surface area contributed by atoms with Gasteiger partial charge in [-0.15, -0.1) is 11.8 Å². The van der Waals surface area contributed by atoms with Gasteiger partial charge in [-0.3, -0.25) is 4.98 Å². The molecule has 0 saturated carbocycles. The molecular formula is C26H31NO7S2. The van der Waals surface area contributed by atoms with Crippen LogP contribution in [0.3, 0.4) is 0 Å². The van der Waals surface area contributed by atoms with Gasteiger partial charge in [0.05, 0.1) is 40.8 Å². The molecule has 0 spiro atoms. The van der Waals surface area contributed by atoms with E-state index in [0.717, 1.165) is 4.90 Å². The zero-order chi connectivity index (χ0) is 26.1. The Morgan fingerprint density at radius 1 is 0.833 bits per heavy atom. The van der Waals surface area contributed by atoms with Crippen molar-refractivity contribution in [2.45, 2.75) is 23.1 Å². The van der Waals surface area contributed by atoms with Gasteiger partial charge in [-0.1, -0.05) is 6.92 Å². The second kappa shape index (κ2) is 12.7. The lowest BCUT2D eigenvalue weighted by atomic mass is 10.0. The first-order chi connectivity index (χ1) is 17.4. The Bertz CT molecular complexity index is 1270. The summed E-state index contributed by atoms with van der Waals surface area (Å²) in [6.07, 6.45) is 3.91. The SMILES string of the molecule is CCCS(=O)(=O)c1cc(-c2ccc(OC)c(OC)c2OC)cc(OC)c1OCCSc1ccncc1. The summed E-state index contributed by atoms with van der Waals surface area (Å²) in [5.74, 6) is 2.42. The number of hydrogen-bond donors (Lipinski definition) is 0. The van der Waals surface area contributed by atoms with Gasteiger partial charge in [0.1, 0.15) is 4.90 Å². The molecule has 8 nitrogen and oxygen atoms in total. The maximum Gasteiger partial charge on any atom is 0.203 e. The summed E-state index contributed by atoms with van der Waals surface area (Å²) in [5, 5.41) is 0. The second-order valence-corrected chi connectivity index (χ2v) is 10.8. The molecule has 3 rings (SSSR count). The summed E-state index contributed by atoms with van der Waals surface area (Å²) in [6, 6.07) is 10.7. The predicted molar refractivity (Wildman–Crippen MR) is 141 cm³/mol. The molecule has 0 aliphatic carbocycles. The maximum absolute atomic E-state index is 13.3. The van der Waals surface area contributed by atoms with Gasteiger partial charge in [-0.05, 0) is 48.4 Å². The molecule has 0 N–H and O–H groups in total. The number of hydrogen-bond acceptors (Lipinski definition) is 9. The predicted octanol–water partition coefficient (Wildman–Crippen LogP) is 5.14. The zero-order valence-corrected chi connectivity index (χ0v) is 22.7. The molecular weight excluding hydrogens is 502 g/mol. The molecule has 3 aromatic rings. The third kappa shape index (κ3) is 6.17. The molecule has 1 aromatic heterocycles. The Hall–Kier alpha value is -3.11. The quantitative estimate of drug-likeness (QED) is 0.219. The van der Waals surface area contributed by atoms with Crippen LogP contribution in [0.5, 0.6) is 28.7 Å². The highest BCUT2D eigenvalue weighted by molar-refractivity contribution is 7.99. The standard InChI is InChI=1S/C26H31NO7S2/c1-6-15-36(28,29)23-17-18(20-7-8-21(30-2)26(33-5)24(20)32-4)16-22(31-3)25(23)34-13-14-35-19-9-11-27-12-10-19/h7-12,16-17H,6,13-15H2,1-5H3. The Kier molecular flexibility index (Phi) is 9.72. The van der Waals surface area contributed by atoms with Crippen molar-refractivity contribution in [3.05, 3.63) is 48.8 Å². The van der Waals surface area contributed by atoms with Crippen molar-refractivity contribution in [1.29, 1.82) is 0 Å². The fourth-order valence-corrected chi connectivity index (χ4v) is 5.92. The fraction of sp³-hybridized carbons (Fsp3) is 0.346. The smallest absolute Gasteiger partial charge is 0.203 e. The molecule has 194 valence electrons. The largest absolute Gasteiger partial charge is 0.493 e. The number of sulfone groups is 1. The van der Waals surface area contributed by atoms with E-state index >= 15 is 0 Å². The second-order valence-electron chi connectivity index (χ2n) is 7.59. The van der Waals surface area contributed by atoms with Gasteiger partial charge in [0, 0.05) is 28.6 Å². The number of nitrogens with zero attached hydrogens (tertiary/aromatic N) is 1. The van der Waals surface area contributed by atoms with Crippen molar-refractivity contribution < 1.29 is 32.1 Å². The summed E-state index contributed by atoms with van der Waals surface area (Å²) >= 11 is 1.59. The normalized spacial score (nSPS) is 11.1.